The summed E-state index contributed by atoms with van der Waals surface area (Å²) in [6.45, 7) is 0. The fourth-order valence-corrected chi connectivity index (χ4v) is 0.965. The van der Waals surface area contributed by atoms with Crippen LogP contribution in [0.4, 0.5) is 8.78 Å². The number of aromatic hydroxyl groups is 1. The second-order valence-corrected chi connectivity index (χ2v) is 2.96. The molecule has 0 amide bonds. The molecule has 0 saturated carbocycles. The van der Waals surface area contributed by atoms with Gasteiger partial charge in [0, 0.05) is 6.42 Å². The van der Waals surface area contributed by atoms with Crippen molar-refractivity contribution in [3.8, 4) is 5.75 Å². The van der Waals surface area contributed by atoms with Crippen molar-refractivity contribution in [3.63, 3.8) is 0 Å². The minimum absolute atomic E-state index is 0.0138. The van der Waals surface area contributed by atoms with E-state index in [9.17, 15) is 8.78 Å². The topological polar surface area (TPSA) is 70.1 Å². The van der Waals surface area contributed by atoms with Gasteiger partial charge in [0.15, 0.2) is 5.84 Å². The number of phenols is 1. The van der Waals surface area contributed by atoms with Gasteiger partial charge in [0.1, 0.15) is 5.75 Å². The van der Waals surface area contributed by atoms with Gasteiger partial charge in [0.25, 0.3) is 0 Å². The summed E-state index contributed by atoms with van der Waals surface area (Å²) in [5, 5.41) is 15.6. The minimum Gasteiger partial charge on any atom is -0.508 e. The number of benzene rings is 1. The van der Waals surface area contributed by atoms with Crippen LogP contribution in [0, 0.1) is 5.41 Å². The van der Waals surface area contributed by atoms with Crippen LogP contribution in [-0.4, -0.2) is 16.9 Å². The zero-order valence-corrected chi connectivity index (χ0v) is 7.30. The van der Waals surface area contributed by atoms with E-state index in [2.05, 4.69) is 0 Å². The Morgan fingerprint density at radius 2 is 1.86 bits per heavy atom. The van der Waals surface area contributed by atoms with E-state index in [0.717, 1.165) is 0 Å². The van der Waals surface area contributed by atoms with E-state index in [1.165, 1.54) is 24.3 Å². The van der Waals surface area contributed by atoms with Crippen molar-refractivity contribution in [1.82, 2.24) is 0 Å². The third kappa shape index (κ3) is 2.42. The summed E-state index contributed by atoms with van der Waals surface area (Å²) in [6.07, 6.45) is -0.622. The number of nitrogens with two attached hydrogens (primary N) is 1. The van der Waals surface area contributed by atoms with Gasteiger partial charge in [0.05, 0.1) is 0 Å². The van der Waals surface area contributed by atoms with Crippen LogP contribution in [-0.2, 0) is 6.42 Å². The van der Waals surface area contributed by atoms with Crippen molar-refractivity contribution in [2.45, 2.75) is 12.3 Å². The number of amidine groups is 1. The highest BCUT2D eigenvalue weighted by Gasteiger charge is 2.33. The highest BCUT2D eigenvalue weighted by molar-refractivity contribution is 5.84. The van der Waals surface area contributed by atoms with Gasteiger partial charge >= 0.3 is 5.92 Å². The lowest BCUT2D eigenvalue weighted by molar-refractivity contribution is 0.0761. The normalized spacial score (nSPS) is 11.3. The molecule has 0 spiro atoms. The molecule has 1 rings (SSSR count). The molecule has 0 aromatic heterocycles. The Bertz CT molecular complexity index is 335. The van der Waals surface area contributed by atoms with Crippen LogP contribution in [0.3, 0.4) is 0 Å². The second kappa shape index (κ2) is 3.61. The Hall–Kier alpha value is -1.65. The number of hydrogen-bond donors (Lipinski definition) is 3. The molecule has 14 heavy (non-hydrogen) atoms. The first-order valence-corrected chi connectivity index (χ1v) is 3.92. The molecular weight excluding hydrogens is 190 g/mol. The number of alkyl halides is 2. The van der Waals surface area contributed by atoms with Crippen LogP contribution < -0.4 is 5.73 Å². The highest BCUT2D eigenvalue weighted by Crippen LogP contribution is 2.21. The lowest BCUT2D eigenvalue weighted by atomic mass is 10.1. The van der Waals surface area contributed by atoms with Crippen molar-refractivity contribution in [2.24, 2.45) is 5.73 Å². The van der Waals surface area contributed by atoms with E-state index in [0.29, 0.717) is 5.56 Å². The smallest absolute Gasteiger partial charge is 0.307 e. The van der Waals surface area contributed by atoms with E-state index in [1.807, 2.05) is 0 Å². The molecule has 0 radical (unpaired) electrons. The maximum absolute atomic E-state index is 12.9. The van der Waals surface area contributed by atoms with Gasteiger partial charge in [0.2, 0.25) is 0 Å². The third-order valence-electron chi connectivity index (χ3n) is 1.76. The molecule has 0 aliphatic heterocycles. The monoisotopic (exact) mass is 200 g/mol. The molecular formula is C9H10F2N2O. The summed E-state index contributed by atoms with van der Waals surface area (Å²) in [6, 6.07) is 5.36. The first-order valence-electron chi connectivity index (χ1n) is 3.92. The molecule has 76 valence electrons. The Morgan fingerprint density at radius 3 is 2.29 bits per heavy atom. The summed E-state index contributed by atoms with van der Waals surface area (Å²) < 4.78 is 25.8. The van der Waals surface area contributed by atoms with Gasteiger partial charge in [-0.05, 0) is 17.7 Å². The molecule has 0 atom stereocenters. The Kier molecular flexibility index (Phi) is 2.69. The number of hydrogen-bond acceptors (Lipinski definition) is 2. The average molecular weight is 200 g/mol. The van der Waals surface area contributed by atoms with Crippen molar-refractivity contribution < 1.29 is 13.9 Å². The van der Waals surface area contributed by atoms with Gasteiger partial charge in [-0.1, -0.05) is 12.1 Å². The Morgan fingerprint density at radius 1 is 1.36 bits per heavy atom. The van der Waals surface area contributed by atoms with E-state index in [-0.39, 0.29) is 5.75 Å². The third-order valence-corrected chi connectivity index (χ3v) is 1.76. The van der Waals surface area contributed by atoms with E-state index >= 15 is 0 Å². The van der Waals surface area contributed by atoms with Crippen molar-refractivity contribution in [3.05, 3.63) is 29.8 Å². The molecule has 0 heterocycles. The minimum atomic E-state index is -3.32. The lowest BCUT2D eigenvalue weighted by Crippen LogP contribution is -2.36. The fraction of sp³-hybridized carbons (Fsp3) is 0.222. The predicted molar refractivity (Wildman–Crippen MR) is 48.7 cm³/mol. The van der Waals surface area contributed by atoms with Crippen LogP contribution in [0.2, 0.25) is 0 Å². The van der Waals surface area contributed by atoms with Gasteiger partial charge in [-0.25, -0.2) is 0 Å². The maximum Gasteiger partial charge on any atom is 0.307 e. The van der Waals surface area contributed by atoms with Crippen LogP contribution in [0.15, 0.2) is 24.3 Å². The first-order chi connectivity index (χ1) is 6.42. The SMILES string of the molecule is N=C(N)C(F)(F)Cc1ccc(O)cc1. The van der Waals surface area contributed by atoms with E-state index in [1.54, 1.807) is 0 Å². The molecule has 4 N–H and O–H groups in total. The summed E-state index contributed by atoms with van der Waals surface area (Å²) in [7, 11) is 0. The zero-order chi connectivity index (χ0) is 10.8. The first kappa shape index (κ1) is 10.4. The molecule has 1 aromatic carbocycles. The quantitative estimate of drug-likeness (QED) is 0.511. The Labute approximate surface area is 79.7 Å². The molecule has 0 aliphatic carbocycles. The number of nitrogens with one attached hydrogen (secondary N) is 1. The van der Waals surface area contributed by atoms with Crippen molar-refractivity contribution in [2.75, 3.05) is 0 Å². The molecule has 0 saturated heterocycles. The van der Waals surface area contributed by atoms with Crippen LogP contribution in [0.5, 0.6) is 5.75 Å². The van der Waals surface area contributed by atoms with Crippen LogP contribution in [0.1, 0.15) is 5.56 Å². The van der Waals surface area contributed by atoms with Gasteiger partial charge in [-0.15, -0.1) is 0 Å². The summed E-state index contributed by atoms with van der Waals surface area (Å²) >= 11 is 0. The second-order valence-electron chi connectivity index (χ2n) is 2.96. The van der Waals surface area contributed by atoms with E-state index < -0.39 is 18.2 Å². The average Bonchev–Trinajstić information content (AvgIpc) is 2.08. The highest BCUT2D eigenvalue weighted by atomic mass is 19.3. The van der Waals surface area contributed by atoms with Crippen molar-refractivity contribution in [1.29, 1.82) is 5.41 Å². The zero-order valence-electron chi connectivity index (χ0n) is 7.30. The van der Waals surface area contributed by atoms with Gasteiger partial charge in [-0.2, -0.15) is 8.78 Å². The van der Waals surface area contributed by atoms with Crippen LogP contribution in [0.25, 0.3) is 0 Å². The van der Waals surface area contributed by atoms with Gasteiger partial charge in [-0.3, -0.25) is 5.41 Å². The lowest BCUT2D eigenvalue weighted by Gasteiger charge is -2.13. The van der Waals surface area contributed by atoms with Gasteiger partial charge < -0.3 is 10.8 Å². The van der Waals surface area contributed by atoms with Crippen molar-refractivity contribution >= 4 is 5.84 Å². The molecule has 0 aliphatic rings. The standard InChI is InChI=1S/C9H10F2N2O/c10-9(11,8(12)13)5-6-1-3-7(14)4-2-6/h1-4,14H,5H2,(H3,12,13). The molecule has 0 fully saturated rings. The summed E-state index contributed by atoms with van der Waals surface area (Å²) in [5.41, 5.74) is 5.05. The molecule has 3 nitrogen and oxygen atoms in total. The summed E-state index contributed by atoms with van der Waals surface area (Å²) in [4.78, 5) is 0. The van der Waals surface area contributed by atoms with E-state index in [4.69, 9.17) is 16.2 Å². The largest absolute Gasteiger partial charge is 0.508 e. The number of phenolic OH excluding ortho intramolecular Hbond substituents is 1. The summed E-state index contributed by atoms with van der Waals surface area (Å²) in [5.74, 6) is -4.46. The Balaban J connectivity index is 2.79. The molecule has 0 bridgehead atoms. The molecule has 0 unspecified atom stereocenters. The predicted octanol–water partition coefficient (Wildman–Crippen LogP) is 1.51. The number of halogens is 2. The van der Waals surface area contributed by atoms with Crippen LogP contribution >= 0.6 is 0 Å². The molecule has 5 heteroatoms. The molecule has 1 aromatic rings. The fourth-order valence-electron chi connectivity index (χ4n) is 0.965. The number of rotatable bonds is 3. The maximum atomic E-state index is 12.9.